The lowest BCUT2D eigenvalue weighted by Gasteiger charge is -2.10. The summed E-state index contributed by atoms with van der Waals surface area (Å²) in [7, 11) is -4.00. The molecule has 1 atom stereocenters. The van der Waals surface area contributed by atoms with Gasteiger partial charge in [0.2, 0.25) is 26.6 Å². The fraction of sp³-hybridized carbons (Fsp3) is 0.286. The first-order valence-electron chi connectivity index (χ1n) is 9.37. The van der Waals surface area contributed by atoms with Gasteiger partial charge in [-0.2, -0.15) is 4.98 Å². The molecule has 6 nitrogen and oxygen atoms in total. The normalized spacial score (nSPS) is 16.8. The number of anilines is 1. The van der Waals surface area contributed by atoms with Crippen molar-refractivity contribution in [3.8, 4) is 11.5 Å². The fourth-order valence-electron chi connectivity index (χ4n) is 3.24. The van der Waals surface area contributed by atoms with Crippen molar-refractivity contribution in [2.45, 2.75) is 35.8 Å². The van der Waals surface area contributed by atoms with E-state index in [1.807, 2.05) is 25.1 Å². The van der Waals surface area contributed by atoms with Crippen LogP contribution in [0.15, 0.2) is 62.9 Å². The second-order valence-corrected chi connectivity index (χ2v) is 8.86. The first-order valence-corrected chi connectivity index (χ1v) is 10.9. The number of sulfone groups is 1. The minimum atomic E-state index is -4.00. The van der Waals surface area contributed by atoms with E-state index in [4.69, 9.17) is 9.15 Å². The highest BCUT2D eigenvalue weighted by Gasteiger charge is 2.29. The molecule has 1 aliphatic heterocycles. The molecule has 4 rings (SSSR count). The molecule has 0 saturated carbocycles. The summed E-state index contributed by atoms with van der Waals surface area (Å²) in [6.07, 6.45) is 1.85. The van der Waals surface area contributed by atoms with Crippen molar-refractivity contribution in [2.75, 3.05) is 18.5 Å². The van der Waals surface area contributed by atoms with Crippen LogP contribution in [0.2, 0.25) is 0 Å². The van der Waals surface area contributed by atoms with Gasteiger partial charge in [0.1, 0.15) is 5.82 Å². The minimum Gasteiger partial charge on any atom is -0.419 e. The molecule has 1 saturated heterocycles. The molecule has 1 fully saturated rings. The Morgan fingerprint density at radius 3 is 2.69 bits per heavy atom. The van der Waals surface area contributed by atoms with Crippen molar-refractivity contribution < 1.29 is 22.0 Å². The van der Waals surface area contributed by atoms with E-state index in [9.17, 15) is 12.8 Å². The number of ether oxygens (including phenoxy) is 1. The largest absolute Gasteiger partial charge is 0.419 e. The van der Waals surface area contributed by atoms with E-state index in [0.717, 1.165) is 30.5 Å². The molecule has 0 radical (unpaired) electrons. The van der Waals surface area contributed by atoms with Gasteiger partial charge in [-0.15, -0.1) is 0 Å². The Kier molecular flexibility index (Phi) is 5.38. The van der Waals surface area contributed by atoms with Crippen LogP contribution in [0.25, 0.3) is 11.5 Å². The monoisotopic (exact) mass is 416 g/mol. The standard InChI is InChI=1S/C21H21FN2O4S/c1-14-4-2-5-15(12-14)19-24-21(20(28-19)23-13-17-6-3-11-27-17)29(25,26)18-9-7-16(22)8-10-18/h2,4-5,7-10,12,17,23H,3,6,11,13H2,1H3/t17-/m0/s1. The number of oxazole rings is 1. The Morgan fingerprint density at radius 1 is 1.21 bits per heavy atom. The lowest BCUT2D eigenvalue weighted by atomic mass is 10.1. The van der Waals surface area contributed by atoms with Gasteiger partial charge in [0.05, 0.1) is 11.0 Å². The van der Waals surface area contributed by atoms with E-state index in [0.29, 0.717) is 18.7 Å². The van der Waals surface area contributed by atoms with Crippen molar-refractivity contribution >= 4 is 15.7 Å². The van der Waals surface area contributed by atoms with Crippen molar-refractivity contribution in [2.24, 2.45) is 0 Å². The molecule has 29 heavy (non-hydrogen) atoms. The van der Waals surface area contributed by atoms with Crippen LogP contribution in [0.4, 0.5) is 10.3 Å². The lowest BCUT2D eigenvalue weighted by Crippen LogP contribution is -2.19. The predicted molar refractivity (Wildman–Crippen MR) is 106 cm³/mol. The molecule has 3 aromatic rings. The summed E-state index contributed by atoms with van der Waals surface area (Å²) in [5, 5.41) is 2.82. The molecule has 2 heterocycles. The average molecular weight is 416 g/mol. The zero-order valence-electron chi connectivity index (χ0n) is 15.9. The van der Waals surface area contributed by atoms with Gasteiger partial charge in [0, 0.05) is 18.7 Å². The van der Waals surface area contributed by atoms with Crippen LogP contribution in [-0.4, -0.2) is 32.7 Å². The maximum Gasteiger partial charge on any atom is 0.233 e. The zero-order valence-corrected chi connectivity index (χ0v) is 16.7. The fourth-order valence-corrected chi connectivity index (χ4v) is 4.52. The molecule has 0 amide bonds. The molecule has 1 aromatic heterocycles. The number of nitrogens with one attached hydrogen (secondary N) is 1. The third kappa shape index (κ3) is 4.18. The van der Waals surface area contributed by atoms with Gasteiger partial charge in [-0.05, 0) is 56.2 Å². The van der Waals surface area contributed by atoms with Crippen LogP contribution in [-0.2, 0) is 14.6 Å². The summed E-state index contributed by atoms with van der Waals surface area (Å²) in [6, 6.07) is 12.1. The van der Waals surface area contributed by atoms with Gasteiger partial charge in [-0.3, -0.25) is 0 Å². The highest BCUT2D eigenvalue weighted by atomic mass is 32.2. The second kappa shape index (κ2) is 7.96. The molecule has 2 aromatic carbocycles. The van der Waals surface area contributed by atoms with Gasteiger partial charge < -0.3 is 14.5 Å². The van der Waals surface area contributed by atoms with Crippen molar-refractivity contribution in [3.05, 3.63) is 59.9 Å². The second-order valence-electron chi connectivity index (χ2n) is 7.00. The molecule has 0 aliphatic carbocycles. The van der Waals surface area contributed by atoms with Crippen LogP contribution in [0.1, 0.15) is 18.4 Å². The summed E-state index contributed by atoms with van der Waals surface area (Å²) < 4.78 is 51.0. The van der Waals surface area contributed by atoms with Crippen molar-refractivity contribution in [3.63, 3.8) is 0 Å². The molecule has 8 heteroatoms. The number of halogens is 1. The van der Waals surface area contributed by atoms with Gasteiger partial charge in [0.25, 0.3) is 0 Å². The van der Waals surface area contributed by atoms with Crippen molar-refractivity contribution in [1.82, 2.24) is 4.98 Å². The van der Waals surface area contributed by atoms with E-state index in [1.165, 1.54) is 12.1 Å². The number of hydrogen-bond donors (Lipinski definition) is 1. The number of hydrogen-bond acceptors (Lipinski definition) is 6. The Labute approximate surface area is 168 Å². The molecule has 0 unspecified atom stereocenters. The van der Waals surface area contributed by atoms with E-state index in [2.05, 4.69) is 10.3 Å². The number of aryl methyl sites for hydroxylation is 1. The van der Waals surface area contributed by atoms with Crippen LogP contribution in [0.5, 0.6) is 0 Å². The van der Waals surface area contributed by atoms with E-state index < -0.39 is 15.7 Å². The average Bonchev–Trinajstić information content (AvgIpc) is 3.37. The highest BCUT2D eigenvalue weighted by molar-refractivity contribution is 7.91. The molecule has 152 valence electrons. The van der Waals surface area contributed by atoms with Gasteiger partial charge in [-0.1, -0.05) is 17.7 Å². The van der Waals surface area contributed by atoms with Gasteiger partial charge >= 0.3 is 0 Å². The third-order valence-electron chi connectivity index (χ3n) is 4.75. The minimum absolute atomic E-state index is 0.0103. The van der Waals surface area contributed by atoms with E-state index in [-0.39, 0.29) is 27.8 Å². The van der Waals surface area contributed by atoms with Crippen molar-refractivity contribution in [1.29, 1.82) is 0 Å². The summed E-state index contributed by atoms with van der Waals surface area (Å²) in [5.74, 6) is -0.258. The molecular weight excluding hydrogens is 395 g/mol. The highest BCUT2D eigenvalue weighted by Crippen LogP contribution is 2.33. The maximum atomic E-state index is 13.3. The van der Waals surface area contributed by atoms with Crippen LogP contribution >= 0.6 is 0 Å². The Balaban J connectivity index is 1.74. The number of nitrogens with zero attached hydrogens (tertiary/aromatic N) is 1. The first-order chi connectivity index (χ1) is 13.9. The van der Waals surface area contributed by atoms with Crippen LogP contribution in [0.3, 0.4) is 0 Å². The Bertz CT molecular complexity index is 1100. The molecule has 0 bridgehead atoms. The molecule has 0 spiro atoms. The molecule has 1 aliphatic rings. The summed E-state index contributed by atoms with van der Waals surface area (Å²) in [4.78, 5) is 4.23. The third-order valence-corrected chi connectivity index (χ3v) is 6.43. The topological polar surface area (TPSA) is 81.4 Å². The smallest absolute Gasteiger partial charge is 0.233 e. The number of rotatable bonds is 6. The Hall–Kier alpha value is -2.71. The summed E-state index contributed by atoms with van der Waals surface area (Å²) in [5.41, 5.74) is 1.67. The SMILES string of the molecule is Cc1cccc(-c2nc(S(=O)(=O)c3ccc(F)cc3)c(NC[C@@H]3CCCO3)o2)c1. The molecular formula is C21H21FN2O4S. The zero-order chi connectivity index (χ0) is 20.4. The lowest BCUT2D eigenvalue weighted by molar-refractivity contribution is 0.120. The van der Waals surface area contributed by atoms with Gasteiger partial charge in [-0.25, -0.2) is 12.8 Å². The van der Waals surface area contributed by atoms with Crippen LogP contribution in [0, 0.1) is 12.7 Å². The van der Waals surface area contributed by atoms with Crippen LogP contribution < -0.4 is 5.32 Å². The predicted octanol–water partition coefficient (Wildman–Crippen LogP) is 4.21. The summed E-state index contributed by atoms with van der Waals surface area (Å²) >= 11 is 0. The number of aromatic nitrogens is 1. The van der Waals surface area contributed by atoms with E-state index >= 15 is 0 Å². The Morgan fingerprint density at radius 2 is 2.00 bits per heavy atom. The summed E-state index contributed by atoms with van der Waals surface area (Å²) in [6.45, 7) is 3.03. The number of benzene rings is 2. The maximum absolute atomic E-state index is 13.3. The van der Waals surface area contributed by atoms with E-state index in [1.54, 1.807) is 6.07 Å². The van der Waals surface area contributed by atoms with Gasteiger partial charge in [0.15, 0.2) is 0 Å². The quantitative estimate of drug-likeness (QED) is 0.606. The molecule has 1 N–H and O–H groups in total. The first kappa shape index (κ1) is 19.6.